The Morgan fingerprint density at radius 2 is 1.70 bits per heavy atom. The summed E-state index contributed by atoms with van der Waals surface area (Å²) in [4.78, 5) is 0. The fourth-order valence-electron chi connectivity index (χ4n) is 1.97. The van der Waals surface area contributed by atoms with Crippen molar-refractivity contribution in [2.45, 2.75) is 12.6 Å². The molecule has 0 spiro atoms. The van der Waals surface area contributed by atoms with Crippen LogP contribution < -0.4 is 10.5 Å². The van der Waals surface area contributed by atoms with Crippen molar-refractivity contribution in [3.05, 3.63) is 59.2 Å². The smallest absolute Gasteiger partial charge is 0.416 e. The van der Waals surface area contributed by atoms with Crippen LogP contribution >= 0.6 is 0 Å². The van der Waals surface area contributed by atoms with E-state index in [0.717, 1.165) is 23.3 Å². The standard InChI is InChI=1S/C15H14F3NO/c1-20-14-7-6-13(19)9-11(14)8-10-2-4-12(5-3-10)15(16,17)18/h2-7,9H,8,19H2,1H3. The Balaban J connectivity index is 2.24. The van der Waals surface area contributed by atoms with E-state index < -0.39 is 11.7 Å². The minimum atomic E-state index is -4.31. The number of halogens is 3. The Hall–Kier alpha value is -2.17. The van der Waals surface area contributed by atoms with Crippen LogP contribution in [0.3, 0.4) is 0 Å². The minimum absolute atomic E-state index is 0.465. The first-order chi connectivity index (χ1) is 9.40. The molecule has 0 unspecified atom stereocenters. The van der Waals surface area contributed by atoms with Gasteiger partial charge in [0.1, 0.15) is 5.75 Å². The Kier molecular flexibility index (Phi) is 3.88. The number of anilines is 1. The van der Waals surface area contributed by atoms with Gasteiger partial charge in [-0.15, -0.1) is 0 Å². The van der Waals surface area contributed by atoms with Crippen LogP contribution in [0.4, 0.5) is 18.9 Å². The largest absolute Gasteiger partial charge is 0.496 e. The van der Waals surface area contributed by atoms with Gasteiger partial charge in [-0.2, -0.15) is 13.2 Å². The van der Waals surface area contributed by atoms with Crippen molar-refractivity contribution in [2.24, 2.45) is 0 Å². The number of nitrogen functional groups attached to an aromatic ring is 1. The third-order valence-corrected chi connectivity index (χ3v) is 2.98. The second-order valence-corrected chi connectivity index (χ2v) is 4.44. The monoisotopic (exact) mass is 281 g/mol. The van der Waals surface area contributed by atoms with Gasteiger partial charge in [-0.3, -0.25) is 0 Å². The van der Waals surface area contributed by atoms with Crippen LogP contribution in [0.5, 0.6) is 5.75 Å². The number of hydrogen-bond donors (Lipinski definition) is 1. The summed E-state index contributed by atoms with van der Waals surface area (Å²) in [6, 6.07) is 10.3. The zero-order valence-electron chi connectivity index (χ0n) is 10.9. The molecule has 106 valence electrons. The van der Waals surface area contributed by atoms with Crippen molar-refractivity contribution < 1.29 is 17.9 Å². The lowest BCUT2D eigenvalue weighted by Crippen LogP contribution is -2.04. The molecule has 2 nitrogen and oxygen atoms in total. The first-order valence-corrected chi connectivity index (χ1v) is 5.98. The highest BCUT2D eigenvalue weighted by molar-refractivity contribution is 5.49. The SMILES string of the molecule is COc1ccc(N)cc1Cc1ccc(C(F)(F)F)cc1. The molecular formula is C15H14F3NO. The van der Waals surface area contributed by atoms with E-state index in [0.29, 0.717) is 17.9 Å². The molecule has 0 aliphatic carbocycles. The van der Waals surface area contributed by atoms with Gasteiger partial charge in [-0.25, -0.2) is 0 Å². The first-order valence-electron chi connectivity index (χ1n) is 5.98. The topological polar surface area (TPSA) is 35.2 Å². The van der Waals surface area contributed by atoms with Crippen molar-refractivity contribution in [1.82, 2.24) is 0 Å². The summed E-state index contributed by atoms with van der Waals surface area (Å²) >= 11 is 0. The van der Waals surface area contributed by atoms with Crippen molar-refractivity contribution in [3.63, 3.8) is 0 Å². The van der Waals surface area contributed by atoms with E-state index in [9.17, 15) is 13.2 Å². The van der Waals surface area contributed by atoms with Gasteiger partial charge in [-0.1, -0.05) is 12.1 Å². The van der Waals surface area contributed by atoms with Gasteiger partial charge in [0, 0.05) is 17.7 Å². The van der Waals surface area contributed by atoms with Crippen LogP contribution in [-0.4, -0.2) is 7.11 Å². The van der Waals surface area contributed by atoms with Gasteiger partial charge in [0.25, 0.3) is 0 Å². The van der Waals surface area contributed by atoms with Crippen LogP contribution in [0.2, 0.25) is 0 Å². The molecule has 0 fully saturated rings. The first kappa shape index (κ1) is 14.2. The predicted molar refractivity (Wildman–Crippen MR) is 71.7 cm³/mol. The molecule has 0 aliphatic heterocycles. The van der Waals surface area contributed by atoms with Gasteiger partial charge in [0.2, 0.25) is 0 Å². The van der Waals surface area contributed by atoms with E-state index in [2.05, 4.69) is 0 Å². The molecule has 2 aromatic rings. The van der Waals surface area contributed by atoms with Crippen molar-refractivity contribution in [1.29, 1.82) is 0 Å². The predicted octanol–water partition coefficient (Wildman–Crippen LogP) is 3.89. The van der Waals surface area contributed by atoms with Crippen LogP contribution in [0, 0.1) is 0 Å². The van der Waals surface area contributed by atoms with E-state index in [1.165, 1.54) is 12.1 Å². The van der Waals surface area contributed by atoms with Crippen molar-refractivity contribution in [3.8, 4) is 5.75 Å². The van der Waals surface area contributed by atoms with Gasteiger partial charge >= 0.3 is 6.18 Å². The molecule has 2 aromatic carbocycles. The van der Waals surface area contributed by atoms with Gasteiger partial charge in [0.05, 0.1) is 12.7 Å². The van der Waals surface area contributed by atoms with E-state index in [1.54, 1.807) is 25.3 Å². The average Bonchev–Trinajstić information content (AvgIpc) is 2.38. The molecule has 2 rings (SSSR count). The molecule has 0 atom stereocenters. The number of rotatable bonds is 3. The summed E-state index contributed by atoms with van der Waals surface area (Å²) in [6.07, 6.45) is -3.85. The number of ether oxygens (including phenoxy) is 1. The lowest BCUT2D eigenvalue weighted by Gasteiger charge is -2.11. The molecule has 20 heavy (non-hydrogen) atoms. The molecular weight excluding hydrogens is 267 g/mol. The van der Waals surface area contributed by atoms with Gasteiger partial charge in [-0.05, 0) is 35.9 Å². The van der Waals surface area contributed by atoms with E-state index >= 15 is 0 Å². The Morgan fingerprint density at radius 1 is 1.05 bits per heavy atom. The molecule has 0 aliphatic rings. The van der Waals surface area contributed by atoms with Gasteiger partial charge < -0.3 is 10.5 Å². The highest BCUT2D eigenvalue weighted by Gasteiger charge is 2.29. The summed E-state index contributed by atoms with van der Waals surface area (Å²) in [7, 11) is 1.54. The lowest BCUT2D eigenvalue weighted by molar-refractivity contribution is -0.137. The quantitative estimate of drug-likeness (QED) is 0.866. The molecule has 5 heteroatoms. The van der Waals surface area contributed by atoms with Gasteiger partial charge in [0.15, 0.2) is 0 Å². The van der Waals surface area contributed by atoms with Crippen LogP contribution in [0.1, 0.15) is 16.7 Å². The summed E-state index contributed by atoms with van der Waals surface area (Å²) < 4.78 is 42.7. The number of alkyl halides is 3. The summed E-state index contributed by atoms with van der Waals surface area (Å²) in [5.41, 5.74) is 7.26. The lowest BCUT2D eigenvalue weighted by atomic mass is 10.0. The number of methoxy groups -OCH3 is 1. The van der Waals surface area contributed by atoms with Crippen molar-refractivity contribution in [2.75, 3.05) is 12.8 Å². The molecule has 0 bridgehead atoms. The Bertz CT molecular complexity index is 591. The molecule has 0 amide bonds. The van der Waals surface area contributed by atoms with E-state index in [-0.39, 0.29) is 0 Å². The van der Waals surface area contributed by atoms with Crippen LogP contribution in [0.25, 0.3) is 0 Å². The highest BCUT2D eigenvalue weighted by Crippen LogP contribution is 2.30. The fourth-order valence-corrected chi connectivity index (χ4v) is 1.97. The normalized spacial score (nSPS) is 11.4. The number of nitrogens with two attached hydrogens (primary N) is 1. The summed E-state index contributed by atoms with van der Waals surface area (Å²) in [6.45, 7) is 0. The van der Waals surface area contributed by atoms with E-state index in [4.69, 9.17) is 10.5 Å². The molecule has 0 radical (unpaired) electrons. The second-order valence-electron chi connectivity index (χ2n) is 4.44. The zero-order valence-corrected chi connectivity index (χ0v) is 10.9. The Labute approximate surface area is 115 Å². The maximum atomic E-state index is 12.5. The third kappa shape index (κ3) is 3.23. The number of benzene rings is 2. The third-order valence-electron chi connectivity index (χ3n) is 2.98. The zero-order chi connectivity index (χ0) is 14.8. The van der Waals surface area contributed by atoms with E-state index in [1.807, 2.05) is 0 Å². The highest BCUT2D eigenvalue weighted by atomic mass is 19.4. The minimum Gasteiger partial charge on any atom is -0.496 e. The number of hydrogen-bond acceptors (Lipinski definition) is 2. The van der Waals surface area contributed by atoms with Crippen LogP contribution in [-0.2, 0) is 12.6 Å². The average molecular weight is 281 g/mol. The molecule has 2 N–H and O–H groups in total. The van der Waals surface area contributed by atoms with Crippen LogP contribution in [0.15, 0.2) is 42.5 Å². The maximum absolute atomic E-state index is 12.5. The summed E-state index contributed by atoms with van der Waals surface area (Å²) in [5.74, 6) is 0.666. The molecule has 0 heterocycles. The maximum Gasteiger partial charge on any atom is 0.416 e. The molecule has 0 saturated heterocycles. The summed E-state index contributed by atoms with van der Waals surface area (Å²) in [5, 5.41) is 0. The second kappa shape index (κ2) is 5.45. The molecule has 0 saturated carbocycles. The Morgan fingerprint density at radius 3 is 2.25 bits per heavy atom. The van der Waals surface area contributed by atoms with Crippen molar-refractivity contribution >= 4 is 5.69 Å². The molecule has 0 aromatic heterocycles. The fraction of sp³-hybridized carbons (Fsp3) is 0.200.